The Bertz CT molecular complexity index is 1170. The first-order valence-corrected chi connectivity index (χ1v) is 12.3. The van der Waals surface area contributed by atoms with Gasteiger partial charge in [-0.05, 0) is 74.6 Å². The van der Waals surface area contributed by atoms with Crippen molar-refractivity contribution in [2.24, 2.45) is 5.41 Å². The van der Waals surface area contributed by atoms with Crippen LogP contribution in [-0.4, -0.2) is 73.0 Å². The van der Waals surface area contributed by atoms with Crippen LogP contribution in [0.5, 0.6) is 0 Å². The maximum atomic E-state index is 11.9. The van der Waals surface area contributed by atoms with Gasteiger partial charge in [0.1, 0.15) is 12.8 Å². The van der Waals surface area contributed by atoms with Crippen LogP contribution >= 0.6 is 0 Å². The summed E-state index contributed by atoms with van der Waals surface area (Å²) in [7, 11) is 2.21. The van der Waals surface area contributed by atoms with Crippen molar-refractivity contribution < 1.29 is 14.6 Å². The summed E-state index contributed by atoms with van der Waals surface area (Å²) in [4.78, 5) is 16.4. The maximum absolute atomic E-state index is 11.9. The molecule has 3 aliphatic heterocycles. The molecule has 2 atom stereocenters. The van der Waals surface area contributed by atoms with E-state index in [2.05, 4.69) is 57.5 Å². The number of aliphatic hydroxyl groups is 1. The van der Waals surface area contributed by atoms with Crippen LogP contribution in [0.15, 0.2) is 29.5 Å². The zero-order valence-electron chi connectivity index (χ0n) is 20.1. The molecule has 1 N–H and O–H groups in total. The second-order valence-corrected chi connectivity index (χ2v) is 10.6. The van der Waals surface area contributed by atoms with Crippen molar-refractivity contribution in [2.75, 3.05) is 13.7 Å². The van der Waals surface area contributed by atoms with Crippen LogP contribution in [0.25, 0.3) is 11.4 Å². The van der Waals surface area contributed by atoms with Gasteiger partial charge in [0, 0.05) is 29.6 Å². The average molecular weight is 465 g/mol. The molecule has 6 rings (SSSR count). The summed E-state index contributed by atoms with van der Waals surface area (Å²) in [6.45, 7) is 5.88. The van der Waals surface area contributed by atoms with Gasteiger partial charge in [0.05, 0.1) is 17.8 Å². The van der Waals surface area contributed by atoms with Crippen molar-refractivity contribution >= 4 is 5.97 Å². The molecule has 9 heteroatoms. The molecule has 1 saturated carbocycles. The van der Waals surface area contributed by atoms with Gasteiger partial charge >= 0.3 is 5.97 Å². The number of likely N-dealkylation sites (tertiary alicyclic amines) is 1. The van der Waals surface area contributed by atoms with E-state index in [1.165, 1.54) is 11.1 Å². The summed E-state index contributed by atoms with van der Waals surface area (Å²) in [5.74, 6) is 0.593. The van der Waals surface area contributed by atoms with Crippen molar-refractivity contribution in [1.82, 2.24) is 30.0 Å². The molecule has 2 aromatic rings. The van der Waals surface area contributed by atoms with Crippen LogP contribution in [0, 0.1) is 5.41 Å². The van der Waals surface area contributed by atoms with Crippen LogP contribution in [0.3, 0.4) is 0 Å². The summed E-state index contributed by atoms with van der Waals surface area (Å²) in [6.07, 6.45) is 4.52. The van der Waals surface area contributed by atoms with Crippen molar-refractivity contribution in [3.63, 3.8) is 0 Å². The zero-order chi connectivity index (χ0) is 23.6. The number of hydrogen-bond acceptors (Lipinski definition) is 8. The molecule has 1 aliphatic carbocycles. The number of rotatable bonds is 4. The highest BCUT2D eigenvalue weighted by Gasteiger charge is 2.53. The highest BCUT2D eigenvalue weighted by atomic mass is 16.5. The number of aliphatic hydroxyl groups excluding tert-OH is 1. The Morgan fingerprint density at radius 2 is 2.09 bits per heavy atom. The molecule has 0 bridgehead atoms. The molecule has 180 valence electrons. The monoisotopic (exact) mass is 464 g/mol. The van der Waals surface area contributed by atoms with E-state index in [1.54, 1.807) is 6.92 Å². The van der Waals surface area contributed by atoms with Gasteiger partial charge in [-0.15, -0.1) is 5.10 Å². The van der Waals surface area contributed by atoms with Crippen LogP contribution < -0.4 is 0 Å². The number of tetrazole rings is 1. The quantitative estimate of drug-likeness (QED) is 0.588. The predicted molar refractivity (Wildman–Crippen MR) is 124 cm³/mol. The summed E-state index contributed by atoms with van der Waals surface area (Å²) in [6, 6.07) is 7.30. The van der Waals surface area contributed by atoms with Crippen LogP contribution in [0.2, 0.25) is 0 Å². The lowest BCUT2D eigenvalue weighted by molar-refractivity contribution is -0.136. The lowest BCUT2D eigenvalue weighted by Gasteiger charge is -2.43. The van der Waals surface area contributed by atoms with Gasteiger partial charge in [-0.1, -0.05) is 18.2 Å². The highest BCUT2D eigenvalue weighted by molar-refractivity contribution is 5.90. The maximum Gasteiger partial charge on any atom is 0.335 e. The summed E-state index contributed by atoms with van der Waals surface area (Å²) >= 11 is 0. The first kappa shape index (κ1) is 21.7. The number of fused-ring (bicyclic) bond motifs is 3. The van der Waals surface area contributed by atoms with Crippen LogP contribution in [0.4, 0.5) is 0 Å². The summed E-state index contributed by atoms with van der Waals surface area (Å²) < 4.78 is 7.07. The number of esters is 1. The fourth-order valence-electron chi connectivity index (χ4n) is 6.74. The van der Waals surface area contributed by atoms with Gasteiger partial charge in [0.15, 0.2) is 5.82 Å². The SMILES string of the molecule is CC1=C(N2C(O)C3(CCC(N(C)Cc4ccc5c(c4)Cn4nnnc4-5)CC3)C[C@H]2C)COC1=O. The molecule has 0 amide bonds. The van der Waals surface area contributed by atoms with Crippen molar-refractivity contribution in [3.8, 4) is 11.4 Å². The molecular formula is C25H32N6O3. The third kappa shape index (κ3) is 3.28. The molecule has 0 radical (unpaired) electrons. The average Bonchev–Trinajstić information content (AvgIpc) is 3.54. The lowest BCUT2D eigenvalue weighted by atomic mass is 9.70. The molecule has 1 saturated heterocycles. The Morgan fingerprint density at radius 3 is 2.82 bits per heavy atom. The molecule has 4 aliphatic rings. The van der Waals surface area contributed by atoms with E-state index in [0.29, 0.717) is 11.6 Å². The van der Waals surface area contributed by atoms with Crippen LogP contribution in [0.1, 0.15) is 57.1 Å². The van der Waals surface area contributed by atoms with Gasteiger partial charge in [-0.3, -0.25) is 4.90 Å². The fourth-order valence-corrected chi connectivity index (χ4v) is 6.74. The van der Waals surface area contributed by atoms with Gasteiger partial charge in [-0.2, -0.15) is 0 Å². The molecule has 2 fully saturated rings. The number of carbonyl (C=O) groups excluding carboxylic acids is 1. The normalized spacial score (nSPS) is 30.4. The number of cyclic esters (lactones) is 1. The zero-order valence-corrected chi connectivity index (χ0v) is 20.1. The Morgan fingerprint density at radius 1 is 1.29 bits per heavy atom. The van der Waals surface area contributed by atoms with Gasteiger partial charge in [0.25, 0.3) is 0 Å². The molecule has 1 spiro atoms. The summed E-state index contributed by atoms with van der Waals surface area (Å²) in [5.41, 5.74) is 5.09. The Balaban J connectivity index is 1.10. The van der Waals surface area contributed by atoms with Crippen molar-refractivity contribution in [1.29, 1.82) is 0 Å². The lowest BCUT2D eigenvalue weighted by Crippen LogP contribution is -2.45. The topological polar surface area (TPSA) is 96.6 Å². The number of hydrogen-bond donors (Lipinski definition) is 1. The Kier molecular flexibility index (Phi) is 5.04. The van der Waals surface area contributed by atoms with E-state index in [0.717, 1.165) is 62.3 Å². The number of nitrogens with zero attached hydrogens (tertiary/aromatic N) is 6. The van der Waals surface area contributed by atoms with E-state index < -0.39 is 6.23 Å². The smallest absolute Gasteiger partial charge is 0.335 e. The number of aromatic nitrogens is 4. The number of benzene rings is 1. The molecule has 34 heavy (non-hydrogen) atoms. The largest absolute Gasteiger partial charge is 0.456 e. The highest BCUT2D eigenvalue weighted by Crippen LogP contribution is 2.52. The standard InChI is InChI=1S/C25H32N6O3/c1-15-11-25(24(33)31(15)21-14-34-23(32)16(21)2)8-6-19(7-9-25)29(3)12-17-4-5-20-18(10-17)13-30-22(20)26-27-28-30/h4-5,10,15,19,24,33H,6-9,11-14H2,1-3H3/t15-,19?,24?,25?/m1/s1. The minimum Gasteiger partial charge on any atom is -0.456 e. The second-order valence-electron chi connectivity index (χ2n) is 10.6. The molecule has 1 aromatic heterocycles. The first-order valence-electron chi connectivity index (χ1n) is 12.3. The fraction of sp³-hybridized carbons (Fsp3) is 0.600. The van der Waals surface area contributed by atoms with E-state index in [4.69, 9.17) is 4.74 Å². The van der Waals surface area contributed by atoms with Crippen molar-refractivity contribution in [3.05, 3.63) is 40.6 Å². The number of ether oxygens (including phenoxy) is 1. The minimum absolute atomic E-state index is 0.106. The van der Waals surface area contributed by atoms with E-state index in [-0.39, 0.29) is 24.0 Å². The van der Waals surface area contributed by atoms with Crippen molar-refractivity contribution in [2.45, 2.75) is 77.4 Å². The van der Waals surface area contributed by atoms with Gasteiger partial charge in [-0.25, -0.2) is 9.48 Å². The Labute approximate surface area is 199 Å². The third-order valence-electron chi connectivity index (χ3n) is 8.65. The van der Waals surface area contributed by atoms with Crippen LogP contribution in [-0.2, 0) is 22.6 Å². The third-order valence-corrected chi connectivity index (χ3v) is 8.65. The molecule has 4 heterocycles. The summed E-state index contributed by atoms with van der Waals surface area (Å²) in [5, 5.41) is 23.3. The first-order chi connectivity index (χ1) is 16.4. The molecule has 1 unspecified atom stereocenters. The molecule has 9 nitrogen and oxygen atoms in total. The Hall–Kier alpha value is -2.78. The molecule has 1 aromatic carbocycles. The van der Waals surface area contributed by atoms with E-state index in [1.807, 2.05) is 4.68 Å². The van der Waals surface area contributed by atoms with E-state index in [9.17, 15) is 9.90 Å². The minimum atomic E-state index is -0.556. The number of carbonyl (C=O) groups is 1. The molecular weight excluding hydrogens is 432 g/mol. The van der Waals surface area contributed by atoms with Gasteiger partial charge in [0.2, 0.25) is 0 Å². The van der Waals surface area contributed by atoms with Gasteiger partial charge < -0.3 is 14.7 Å². The van der Waals surface area contributed by atoms with E-state index >= 15 is 0 Å². The second kappa shape index (κ2) is 7.88. The predicted octanol–water partition coefficient (Wildman–Crippen LogP) is 2.31.